The molecule has 15 heteroatoms. The molecule has 0 saturated heterocycles. The van der Waals surface area contributed by atoms with Crippen molar-refractivity contribution >= 4 is 33.9 Å². The number of rotatable bonds is 11. The van der Waals surface area contributed by atoms with Crippen LogP contribution in [0.5, 0.6) is 11.6 Å². The maximum atomic E-state index is 13.0. The van der Waals surface area contributed by atoms with Crippen LogP contribution >= 0.6 is 0 Å². The lowest BCUT2D eigenvalue weighted by Gasteiger charge is -2.10. The zero-order valence-electron chi connectivity index (χ0n) is 21.5. The predicted molar refractivity (Wildman–Crippen MR) is 140 cm³/mol. The largest absolute Gasteiger partial charge is 0.503 e. The van der Waals surface area contributed by atoms with Crippen LogP contribution in [0.4, 0.5) is 9.18 Å². The van der Waals surface area contributed by atoms with Crippen molar-refractivity contribution in [2.45, 2.75) is 18.2 Å². The number of aromatic hydroxyl groups is 1. The maximum absolute atomic E-state index is 13.0. The summed E-state index contributed by atoms with van der Waals surface area (Å²) in [5, 5.41) is 14.8. The zero-order valence-corrected chi connectivity index (χ0v) is 22.4. The minimum atomic E-state index is -4.38. The van der Waals surface area contributed by atoms with E-state index in [-0.39, 0.29) is 35.0 Å². The van der Waals surface area contributed by atoms with Crippen LogP contribution in [0.25, 0.3) is 0 Å². The quantitative estimate of drug-likeness (QED) is 0.240. The van der Waals surface area contributed by atoms with Crippen LogP contribution in [0.1, 0.15) is 33.2 Å². The fourth-order valence-electron chi connectivity index (χ4n) is 3.22. The lowest BCUT2D eigenvalue weighted by atomic mass is 10.1. The van der Waals surface area contributed by atoms with Crippen molar-refractivity contribution in [3.05, 3.63) is 83.3 Å². The van der Waals surface area contributed by atoms with Crippen LogP contribution in [0.3, 0.4) is 0 Å². The minimum Gasteiger partial charge on any atom is -0.503 e. The third kappa shape index (κ3) is 8.99. The van der Waals surface area contributed by atoms with E-state index in [2.05, 4.69) is 20.4 Å². The van der Waals surface area contributed by atoms with Crippen LogP contribution in [-0.2, 0) is 26.0 Å². The number of pyridine rings is 1. The highest BCUT2D eigenvalue weighted by Gasteiger charge is 2.21. The molecule has 0 fully saturated rings. The molecule has 0 aliphatic rings. The summed E-state index contributed by atoms with van der Waals surface area (Å²) in [4.78, 5) is 51.1. The number of aromatic nitrogens is 1. The van der Waals surface area contributed by atoms with Crippen LogP contribution in [0, 0.1) is 5.82 Å². The van der Waals surface area contributed by atoms with Gasteiger partial charge in [-0.15, -0.1) is 0 Å². The number of esters is 1. The van der Waals surface area contributed by atoms with Crippen molar-refractivity contribution in [1.82, 2.24) is 20.3 Å². The zero-order chi connectivity index (χ0) is 30.0. The van der Waals surface area contributed by atoms with E-state index >= 15 is 0 Å². The van der Waals surface area contributed by atoms with Crippen LogP contribution < -0.4 is 20.1 Å². The summed E-state index contributed by atoms with van der Waals surface area (Å²) >= 11 is 0. The molecule has 0 saturated carbocycles. The van der Waals surface area contributed by atoms with Gasteiger partial charge in [0.05, 0.1) is 17.1 Å². The number of ether oxygens (including phenoxy) is 2. The highest BCUT2D eigenvalue weighted by atomic mass is 32.2. The number of benzene rings is 2. The van der Waals surface area contributed by atoms with Gasteiger partial charge in [-0.05, 0) is 61.4 Å². The Morgan fingerprint density at radius 1 is 0.951 bits per heavy atom. The first kappa shape index (κ1) is 30.5. The molecular formula is C26H25FN4O9S. The van der Waals surface area contributed by atoms with Gasteiger partial charge >= 0.3 is 12.1 Å². The number of carbonyl (C=O) groups is 4. The predicted octanol–water partition coefficient (Wildman–Crippen LogP) is 1.67. The standard InChI is InChI=1S/C26H25FN4O9S/c1-2-39-22(33)15-30-26(36)40-25-21(32)13-18(14-29-25)24(35)31-41(37,38)20-9-5-17(6-10-20)23(34)28-12-11-16-3-7-19(27)8-4-16/h3-10,13-14,32H,2,11-12,15H2,1H3,(H,28,34)(H,30,36)(H,31,35). The highest BCUT2D eigenvalue weighted by molar-refractivity contribution is 7.90. The number of carbonyl (C=O) groups excluding carboxylic acids is 4. The average molecular weight is 589 g/mol. The van der Waals surface area contributed by atoms with E-state index < -0.39 is 52.1 Å². The number of hydrogen-bond donors (Lipinski definition) is 4. The summed E-state index contributed by atoms with van der Waals surface area (Å²) < 4.78 is 49.5. The highest BCUT2D eigenvalue weighted by Crippen LogP contribution is 2.24. The van der Waals surface area contributed by atoms with E-state index in [9.17, 15) is 37.1 Å². The van der Waals surface area contributed by atoms with E-state index in [1.165, 1.54) is 24.3 Å². The Labute approximate surface area is 233 Å². The Hall–Kier alpha value is -5.05. The van der Waals surface area contributed by atoms with E-state index in [1.54, 1.807) is 19.1 Å². The van der Waals surface area contributed by atoms with Gasteiger partial charge < -0.3 is 25.2 Å². The van der Waals surface area contributed by atoms with Gasteiger partial charge in [0, 0.05) is 18.3 Å². The number of nitrogens with one attached hydrogen (secondary N) is 3. The molecule has 0 aliphatic carbocycles. The monoisotopic (exact) mass is 588 g/mol. The lowest BCUT2D eigenvalue weighted by Crippen LogP contribution is -2.33. The molecule has 0 atom stereocenters. The summed E-state index contributed by atoms with van der Waals surface area (Å²) in [6.07, 6.45) is 0.188. The first-order valence-corrected chi connectivity index (χ1v) is 13.5. The Kier molecular flexibility index (Phi) is 10.3. The summed E-state index contributed by atoms with van der Waals surface area (Å²) in [5.74, 6) is -4.04. The number of nitrogens with zero attached hydrogens (tertiary/aromatic N) is 1. The smallest absolute Gasteiger partial charge is 0.414 e. The molecule has 3 aromatic rings. The van der Waals surface area contributed by atoms with Crippen molar-refractivity contribution in [3.63, 3.8) is 0 Å². The van der Waals surface area contributed by atoms with Gasteiger partial charge in [-0.1, -0.05) is 12.1 Å². The second kappa shape index (κ2) is 13.8. The van der Waals surface area contributed by atoms with Gasteiger partial charge in [0.15, 0.2) is 5.75 Å². The minimum absolute atomic E-state index is 0.112. The molecule has 3 rings (SSSR count). The maximum Gasteiger partial charge on any atom is 0.414 e. The molecule has 216 valence electrons. The summed E-state index contributed by atoms with van der Waals surface area (Å²) in [6, 6.07) is 11.4. The van der Waals surface area contributed by atoms with Crippen LogP contribution in [0.15, 0.2) is 65.7 Å². The van der Waals surface area contributed by atoms with Gasteiger partial charge in [0.25, 0.3) is 27.7 Å². The molecule has 3 amide bonds. The molecule has 1 heterocycles. The van der Waals surface area contributed by atoms with E-state index in [1.807, 2.05) is 4.72 Å². The molecule has 41 heavy (non-hydrogen) atoms. The molecule has 0 aliphatic heterocycles. The van der Waals surface area contributed by atoms with Crippen molar-refractivity contribution in [2.24, 2.45) is 0 Å². The van der Waals surface area contributed by atoms with Crippen molar-refractivity contribution in [3.8, 4) is 11.6 Å². The molecule has 0 radical (unpaired) electrons. The fourth-order valence-corrected chi connectivity index (χ4v) is 4.20. The molecule has 0 bridgehead atoms. The third-order valence-electron chi connectivity index (χ3n) is 5.23. The molecule has 0 spiro atoms. The molecule has 0 unspecified atom stereocenters. The lowest BCUT2D eigenvalue weighted by molar-refractivity contribution is -0.141. The van der Waals surface area contributed by atoms with E-state index in [0.717, 1.165) is 30.0 Å². The van der Waals surface area contributed by atoms with Crippen molar-refractivity contribution in [2.75, 3.05) is 19.7 Å². The Morgan fingerprint density at radius 3 is 2.27 bits per heavy atom. The normalized spacial score (nSPS) is 10.8. The Balaban J connectivity index is 1.55. The van der Waals surface area contributed by atoms with E-state index in [4.69, 9.17) is 4.74 Å². The molecule has 1 aromatic heterocycles. The molecule has 13 nitrogen and oxygen atoms in total. The van der Waals surface area contributed by atoms with Crippen molar-refractivity contribution < 1.29 is 46.6 Å². The fraction of sp³-hybridized carbons (Fsp3) is 0.192. The first-order valence-electron chi connectivity index (χ1n) is 12.0. The second-order valence-corrected chi connectivity index (χ2v) is 9.87. The topological polar surface area (TPSA) is 190 Å². The summed E-state index contributed by atoms with van der Waals surface area (Å²) in [7, 11) is -4.38. The van der Waals surface area contributed by atoms with Gasteiger partial charge in [-0.2, -0.15) is 0 Å². The first-order chi connectivity index (χ1) is 19.5. The average Bonchev–Trinajstić information content (AvgIpc) is 2.94. The number of halogens is 1. The van der Waals surface area contributed by atoms with Crippen LogP contribution in [0.2, 0.25) is 0 Å². The summed E-state index contributed by atoms with van der Waals surface area (Å²) in [5.41, 5.74) is 0.624. The van der Waals surface area contributed by atoms with Gasteiger partial charge in [0.1, 0.15) is 12.4 Å². The third-order valence-corrected chi connectivity index (χ3v) is 6.58. The Morgan fingerprint density at radius 2 is 1.63 bits per heavy atom. The molecule has 2 aromatic carbocycles. The van der Waals surface area contributed by atoms with Gasteiger partial charge in [-0.3, -0.25) is 14.4 Å². The SMILES string of the molecule is CCOC(=O)CNC(=O)Oc1ncc(C(=O)NS(=O)(=O)c2ccc(C(=O)NCCc3ccc(F)cc3)cc2)cc1O. The summed E-state index contributed by atoms with van der Waals surface area (Å²) in [6.45, 7) is 1.47. The number of amides is 3. The Bertz CT molecular complexity index is 1530. The van der Waals surface area contributed by atoms with Crippen molar-refractivity contribution in [1.29, 1.82) is 0 Å². The molecule has 4 N–H and O–H groups in total. The number of sulfonamides is 1. The second-order valence-electron chi connectivity index (χ2n) is 8.19. The van der Waals surface area contributed by atoms with Crippen LogP contribution in [-0.4, -0.2) is 62.1 Å². The molecular weight excluding hydrogens is 563 g/mol. The van der Waals surface area contributed by atoms with Gasteiger partial charge in [0.2, 0.25) is 0 Å². The number of hydrogen-bond acceptors (Lipinski definition) is 10. The van der Waals surface area contributed by atoms with E-state index in [0.29, 0.717) is 6.42 Å². The van der Waals surface area contributed by atoms with Gasteiger partial charge in [-0.25, -0.2) is 27.3 Å².